The molecule has 110 valence electrons. The van der Waals surface area contributed by atoms with Gasteiger partial charge in [0, 0.05) is 13.0 Å². The van der Waals surface area contributed by atoms with Gasteiger partial charge in [0.25, 0.3) is 0 Å². The minimum Gasteiger partial charge on any atom is -0.444 e. The second kappa shape index (κ2) is 7.76. The van der Waals surface area contributed by atoms with E-state index in [2.05, 4.69) is 10.6 Å². The van der Waals surface area contributed by atoms with Crippen molar-refractivity contribution in [2.45, 2.75) is 52.2 Å². The summed E-state index contributed by atoms with van der Waals surface area (Å²) in [6, 6.07) is -0.725. The number of amides is 2. The molecule has 0 saturated heterocycles. The number of ether oxygens (including phenoxy) is 1. The van der Waals surface area contributed by atoms with Crippen molar-refractivity contribution in [3.8, 4) is 0 Å². The van der Waals surface area contributed by atoms with Crippen LogP contribution in [0.4, 0.5) is 4.79 Å². The lowest BCUT2D eigenvalue weighted by atomic mass is 9.97. The Labute approximate surface area is 114 Å². The molecule has 2 unspecified atom stereocenters. The van der Waals surface area contributed by atoms with Crippen molar-refractivity contribution in [2.75, 3.05) is 7.05 Å². The topological polar surface area (TPSA) is 84.5 Å². The summed E-state index contributed by atoms with van der Waals surface area (Å²) in [6.45, 7) is 7.07. The van der Waals surface area contributed by atoms with Crippen LogP contribution in [0, 0.1) is 5.92 Å². The highest BCUT2D eigenvalue weighted by atomic mass is 16.6. The third-order valence-electron chi connectivity index (χ3n) is 2.51. The number of hydrogen-bond donors (Lipinski definition) is 2. The molecule has 0 aromatic heterocycles. The van der Waals surface area contributed by atoms with E-state index in [0.717, 1.165) is 0 Å². The molecule has 2 atom stereocenters. The van der Waals surface area contributed by atoms with E-state index in [0.29, 0.717) is 12.7 Å². The van der Waals surface area contributed by atoms with Gasteiger partial charge in [-0.05, 0) is 33.6 Å². The zero-order valence-electron chi connectivity index (χ0n) is 12.3. The monoisotopic (exact) mass is 272 g/mol. The van der Waals surface area contributed by atoms with E-state index in [-0.39, 0.29) is 18.2 Å². The van der Waals surface area contributed by atoms with Gasteiger partial charge < -0.3 is 20.2 Å². The van der Waals surface area contributed by atoms with E-state index in [1.54, 1.807) is 27.8 Å². The molecule has 0 bridgehead atoms. The predicted octanol–water partition coefficient (Wildman–Crippen LogP) is 1.24. The largest absolute Gasteiger partial charge is 0.444 e. The fourth-order valence-corrected chi connectivity index (χ4v) is 1.58. The molecule has 0 heterocycles. The van der Waals surface area contributed by atoms with Crippen LogP contribution >= 0.6 is 0 Å². The van der Waals surface area contributed by atoms with Crippen molar-refractivity contribution >= 4 is 18.3 Å². The van der Waals surface area contributed by atoms with E-state index < -0.39 is 17.7 Å². The second-order valence-corrected chi connectivity index (χ2v) is 5.34. The first-order valence-electron chi connectivity index (χ1n) is 6.39. The first kappa shape index (κ1) is 17.4. The lowest BCUT2D eigenvalue weighted by molar-refractivity contribution is -0.125. The molecule has 6 nitrogen and oxygen atoms in total. The van der Waals surface area contributed by atoms with Crippen molar-refractivity contribution in [3.63, 3.8) is 0 Å². The Morgan fingerprint density at radius 2 is 1.89 bits per heavy atom. The number of carbonyl (C=O) groups is 3. The predicted molar refractivity (Wildman–Crippen MR) is 71.7 cm³/mol. The average molecular weight is 272 g/mol. The van der Waals surface area contributed by atoms with Crippen LogP contribution in [0.5, 0.6) is 0 Å². The molecule has 0 aliphatic carbocycles. The number of rotatable bonds is 6. The molecule has 0 aromatic rings. The summed E-state index contributed by atoms with van der Waals surface area (Å²) >= 11 is 0. The van der Waals surface area contributed by atoms with Crippen LogP contribution in [0.3, 0.4) is 0 Å². The summed E-state index contributed by atoms with van der Waals surface area (Å²) in [5.41, 5.74) is -0.623. The van der Waals surface area contributed by atoms with E-state index in [1.165, 1.54) is 0 Å². The highest BCUT2D eigenvalue weighted by Crippen LogP contribution is 2.12. The van der Waals surface area contributed by atoms with E-state index >= 15 is 0 Å². The molecule has 0 saturated carbocycles. The Hall–Kier alpha value is -1.59. The smallest absolute Gasteiger partial charge is 0.408 e. The number of alkyl carbamates (subject to hydrolysis) is 1. The fourth-order valence-electron chi connectivity index (χ4n) is 1.58. The summed E-state index contributed by atoms with van der Waals surface area (Å²) in [5, 5.41) is 5.00. The van der Waals surface area contributed by atoms with Crippen LogP contribution < -0.4 is 10.6 Å². The minimum absolute atomic E-state index is 0.139. The highest BCUT2D eigenvalue weighted by Gasteiger charge is 2.24. The van der Waals surface area contributed by atoms with E-state index in [1.807, 2.05) is 6.92 Å². The Balaban J connectivity index is 4.46. The van der Waals surface area contributed by atoms with Crippen molar-refractivity contribution in [1.29, 1.82) is 0 Å². The third-order valence-corrected chi connectivity index (χ3v) is 2.51. The number of hydrogen-bond acceptors (Lipinski definition) is 4. The quantitative estimate of drug-likeness (QED) is 0.712. The molecule has 0 aliphatic rings. The molecule has 0 rings (SSSR count). The maximum atomic E-state index is 11.5. The number of nitrogens with one attached hydrogen (secondary N) is 2. The van der Waals surface area contributed by atoms with Gasteiger partial charge in [-0.25, -0.2) is 4.79 Å². The van der Waals surface area contributed by atoms with Crippen LogP contribution in [-0.2, 0) is 14.3 Å². The molecule has 2 amide bonds. The molecule has 6 heteroatoms. The van der Waals surface area contributed by atoms with Gasteiger partial charge in [-0.3, -0.25) is 4.79 Å². The van der Waals surface area contributed by atoms with Crippen LogP contribution in [-0.4, -0.2) is 37.0 Å². The average Bonchev–Trinajstić information content (AvgIpc) is 2.31. The zero-order valence-corrected chi connectivity index (χ0v) is 12.3. The maximum absolute atomic E-state index is 11.5. The molecule has 0 aromatic carbocycles. The normalized spacial score (nSPS) is 14.2. The Kier molecular flexibility index (Phi) is 7.11. The van der Waals surface area contributed by atoms with E-state index in [4.69, 9.17) is 4.74 Å². The molecule has 2 N–H and O–H groups in total. The van der Waals surface area contributed by atoms with Gasteiger partial charge in [0.15, 0.2) is 0 Å². The fraction of sp³-hybridized carbons (Fsp3) is 0.769. The minimum atomic E-state index is -0.725. The Morgan fingerprint density at radius 3 is 2.26 bits per heavy atom. The second-order valence-electron chi connectivity index (χ2n) is 5.34. The molecule has 0 radical (unpaired) electrons. The van der Waals surface area contributed by atoms with Crippen molar-refractivity contribution < 1.29 is 19.1 Å². The van der Waals surface area contributed by atoms with Gasteiger partial charge in [-0.1, -0.05) is 6.92 Å². The van der Waals surface area contributed by atoms with Crippen LogP contribution in [0.25, 0.3) is 0 Å². The van der Waals surface area contributed by atoms with Gasteiger partial charge in [0.1, 0.15) is 11.9 Å². The lowest BCUT2D eigenvalue weighted by Crippen LogP contribution is -2.42. The van der Waals surface area contributed by atoms with Gasteiger partial charge in [-0.15, -0.1) is 0 Å². The summed E-state index contributed by atoms with van der Waals surface area (Å²) in [6.07, 6.45) is 0.824. The van der Waals surface area contributed by atoms with Crippen molar-refractivity contribution in [3.05, 3.63) is 0 Å². The number of aldehydes is 1. The van der Waals surface area contributed by atoms with Gasteiger partial charge in [0.2, 0.25) is 5.91 Å². The molecule has 19 heavy (non-hydrogen) atoms. The molecular weight excluding hydrogens is 248 g/mol. The molecular formula is C13H24N2O4. The van der Waals surface area contributed by atoms with Gasteiger partial charge in [-0.2, -0.15) is 0 Å². The highest BCUT2D eigenvalue weighted by molar-refractivity contribution is 5.79. The van der Waals surface area contributed by atoms with Crippen LogP contribution in [0.2, 0.25) is 0 Å². The first-order valence-corrected chi connectivity index (χ1v) is 6.39. The van der Waals surface area contributed by atoms with Crippen LogP contribution in [0.1, 0.15) is 40.5 Å². The zero-order chi connectivity index (χ0) is 15.1. The van der Waals surface area contributed by atoms with E-state index in [9.17, 15) is 14.4 Å². The first-order chi connectivity index (χ1) is 8.73. The Morgan fingerprint density at radius 1 is 1.32 bits per heavy atom. The van der Waals surface area contributed by atoms with Gasteiger partial charge >= 0.3 is 6.09 Å². The van der Waals surface area contributed by atoms with Gasteiger partial charge in [0.05, 0.1) is 6.04 Å². The molecule has 0 spiro atoms. The van der Waals surface area contributed by atoms with Crippen molar-refractivity contribution in [1.82, 2.24) is 10.6 Å². The SMILES string of the molecule is CCC(CC(C=O)NC(=O)OC(C)(C)C)C(=O)NC. The maximum Gasteiger partial charge on any atom is 0.408 e. The molecule has 0 aliphatic heterocycles. The third kappa shape index (κ3) is 7.43. The summed E-state index contributed by atoms with van der Waals surface area (Å²) in [5.74, 6) is -0.449. The Bertz CT molecular complexity index is 323. The lowest BCUT2D eigenvalue weighted by Gasteiger charge is -2.23. The summed E-state index contributed by atoms with van der Waals surface area (Å²) in [7, 11) is 1.54. The summed E-state index contributed by atoms with van der Waals surface area (Å²) in [4.78, 5) is 34.0. The standard InChI is InChI=1S/C13H24N2O4/c1-6-9(11(17)14-5)7-10(8-16)15-12(18)19-13(2,3)4/h8-10H,6-7H2,1-5H3,(H,14,17)(H,15,18). The summed E-state index contributed by atoms with van der Waals surface area (Å²) < 4.78 is 5.06. The van der Waals surface area contributed by atoms with Crippen molar-refractivity contribution in [2.24, 2.45) is 5.92 Å². The molecule has 0 fully saturated rings. The number of carbonyl (C=O) groups excluding carboxylic acids is 3. The van der Waals surface area contributed by atoms with Crippen LogP contribution in [0.15, 0.2) is 0 Å².